The van der Waals surface area contributed by atoms with Crippen LogP contribution in [-0.2, 0) is 6.54 Å². The Morgan fingerprint density at radius 1 is 1.39 bits per heavy atom. The molecule has 0 radical (unpaired) electrons. The molecular weight excluding hydrogens is 306 g/mol. The first kappa shape index (κ1) is 14.6. The molecule has 1 saturated heterocycles. The van der Waals surface area contributed by atoms with Gasteiger partial charge in [0.05, 0.1) is 11.9 Å². The third kappa shape index (κ3) is 2.82. The quantitative estimate of drug-likeness (QED) is 0.800. The second-order valence-corrected chi connectivity index (χ2v) is 7.09. The molecule has 1 aliphatic heterocycles. The van der Waals surface area contributed by atoms with Gasteiger partial charge in [0.1, 0.15) is 10.7 Å². The van der Waals surface area contributed by atoms with Crippen molar-refractivity contribution >= 4 is 21.6 Å². The summed E-state index contributed by atoms with van der Waals surface area (Å²) in [5.74, 6) is 0.768. The monoisotopic (exact) mass is 325 g/mol. The number of H-pyrrole nitrogens is 1. The van der Waals surface area contributed by atoms with Crippen molar-refractivity contribution in [1.29, 1.82) is 0 Å². The molecule has 23 heavy (non-hydrogen) atoms. The van der Waals surface area contributed by atoms with Gasteiger partial charge in [-0.1, -0.05) is 29.8 Å². The predicted octanol–water partition coefficient (Wildman–Crippen LogP) is 3.63. The number of nitrogens with zero attached hydrogens (tertiary/aromatic N) is 2. The molecule has 3 aromatic rings. The Bertz CT molecular complexity index is 898. The molecule has 5 heteroatoms. The van der Waals surface area contributed by atoms with Crippen LogP contribution in [0, 0.1) is 6.92 Å². The summed E-state index contributed by atoms with van der Waals surface area (Å²) in [5, 5.41) is 2.61. The minimum absolute atomic E-state index is 0.0300. The molecule has 3 heterocycles. The maximum atomic E-state index is 12.1. The van der Waals surface area contributed by atoms with Crippen LogP contribution in [0.2, 0.25) is 0 Å². The fraction of sp³-hybridized carbons (Fsp3) is 0.333. The summed E-state index contributed by atoms with van der Waals surface area (Å²) in [6, 6.07) is 11.0. The molecule has 2 aromatic heterocycles. The molecule has 1 aromatic carbocycles. The summed E-state index contributed by atoms with van der Waals surface area (Å²) in [7, 11) is 0. The van der Waals surface area contributed by atoms with Gasteiger partial charge in [0.25, 0.3) is 5.56 Å². The van der Waals surface area contributed by atoms with Crippen molar-refractivity contribution in [3.63, 3.8) is 0 Å². The van der Waals surface area contributed by atoms with Crippen LogP contribution in [0.4, 0.5) is 0 Å². The number of aromatic nitrogens is 2. The van der Waals surface area contributed by atoms with E-state index in [0.717, 1.165) is 23.6 Å². The van der Waals surface area contributed by atoms with Crippen molar-refractivity contribution in [3.05, 3.63) is 63.0 Å². The summed E-state index contributed by atoms with van der Waals surface area (Å²) in [6.45, 7) is 3.87. The fourth-order valence-corrected chi connectivity index (χ4v) is 4.23. The lowest BCUT2D eigenvalue weighted by molar-refractivity contribution is 0.242. The van der Waals surface area contributed by atoms with Crippen LogP contribution in [0.25, 0.3) is 10.2 Å². The zero-order valence-corrected chi connectivity index (χ0v) is 13.9. The van der Waals surface area contributed by atoms with E-state index in [1.165, 1.54) is 28.9 Å². The summed E-state index contributed by atoms with van der Waals surface area (Å²) >= 11 is 1.52. The van der Waals surface area contributed by atoms with Crippen molar-refractivity contribution < 1.29 is 0 Å². The molecule has 0 unspecified atom stereocenters. The van der Waals surface area contributed by atoms with E-state index in [-0.39, 0.29) is 5.56 Å². The SMILES string of the molecule is Cc1cccc([C@H]2CCCN2Cc2nc3sccc3c(=O)[nH]2)c1. The molecule has 0 amide bonds. The zero-order valence-electron chi connectivity index (χ0n) is 13.1. The van der Waals surface area contributed by atoms with Gasteiger partial charge in [-0.3, -0.25) is 9.69 Å². The molecule has 1 aliphatic rings. The summed E-state index contributed by atoms with van der Waals surface area (Å²) < 4.78 is 0. The van der Waals surface area contributed by atoms with E-state index in [9.17, 15) is 4.79 Å². The lowest BCUT2D eigenvalue weighted by atomic mass is 10.0. The Labute approximate surface area is 138 Å². The molecule has 4 rings (SSSR count). The molecule has 0 saturated carbocycles. The van der Waals surface area contributed by atoms with Crippen molar-refractivity contribution in [2.24, 2.45) is 0 Å². The van der Waals surface area contributed by atoms with Crippen LogP contribution < -0.4 is 5.56 Å². The number of thiophene rings is 1. The lowest BCUT2D eigenvalue weighted by Gasteiger charge is -2.24. The Kier molecular flexibility index (Phi) is 3.75. The topological polar surface area (TPSA) is 49.0 Å². The number of nitrogens with one attached hydrogen (secondary N) is 1. The van der Waals surface area contributed by atoms with Crippen molar-refractivity contribution in [3.8, 4) is 0 Å². The van der Waals surface area contributed by atoms with Gasteiger partial charge in [0.15, 0.2) is 0 Å². The Balaban J connectivity index is 1.62. The van der Waals surface area contributed by atoms with Crippen LogP contribution in [-0.4, -0.2) is 21.4 Å². The predicted molar refractivity (Wildman–Crippen MR) is 93.8 cm³/mol. The van der Waals surface area contributed by atoms with Crippen LogP contribution in [0.1, 0.15) is 35.8 Å². The zero-order chi connectivity index (χ0) is 15.8. The first-order valence-electron chi connectivity index (χ1n) is 7.98. The number of aryl methyl sites for hydroxylation is 1. The summed E-state index contributed by atoms with van der Waals surface area (Å²) in [5.41, 5.74) is 2.63. The van der Waals surface area contributed by atoms with Crippen LogP contribution in [0.3, 0.4) is 0 Å². The second-order valence-electron chi connectivity index (χ2n) is 6.19. The van der Waals surface area contributed by atoms with E-state index in [4.69, 9.17) is 0 Å². The van der Waals surface area contributed by atoms with E-state index in [1.54, 1.807) is 0 Å². The van der Waals surface area contributed by atoms with Gasteiger partial charge < -0.3 is 4.98 Å². The van der Waals surface area contributed by atoms with E-state index < -0.39 is 0 Å². The first-order chi connectivity index (χ1) is 11.2. The number of hydrogen-bond acceptors (Lipinski definition) is 4. The van der Waals surface area contributed by atoms with Gasteiger partial charge in [-0.2, -0.15) is 0 Å². The Hall–Kier alpha value is -1.98. The first-order valence-corrected chi connectivity index (χ1v) is 8.86. The third-order valence-electron chi connectivity index (χ3n) is 4.53. The second kappa shape index (κ2) is 5.91. The molecule has 0 spiro atoms. The summed E-state index contributed by atoms with van der Waals surface area (Å²) in [6.07, 6.45) is 2.35. The number of benzene rings is 1. The van der Waals surface area contributed by atoms with E-state index in [2.05, 4.69) is 46.1 Å². The van der Waals surface area contributed by atoms with Crippen molar-refractivity contribution in [2.75, 3.05) is 6.54 Å². The highest BCUT2D eigenvalue weighted by Gasteiger charge is 2.26. The molecular formula is C18H19N3OS. The van der Waals surface area contributed by atoms with Gasteiger partial charge in [-0.05, 0) is 43.3 Å². The maximum Gasteiger partial charge on any atom is 0.259 e. The minimum Gasteiger partial charge on any atom is -0.309 e. The highest BCUT2D eigenvalue weighted by molar-refractivity contribution is 7.16. The minimum atomic E-state index is -0.0300. The van der Waals surface area contributed by atoms with Gasteiger partial charge >= 0.3 is 0 Å². The smallest absolute Gasteiger partial charge is 0.259 e. The Morgan fingerprint density at radius 2 is 2.30 bits per heavy atom. The van der Waals surface area contributed by atoms with Gasteiger partial charge in [0, 0.05) is 6.04 Å². The van der Waals surface area contributed by atoms with E-state index in [1.807, 2.05) is 11.4 Å². The molecule has 4 nitrogen and oxygen atoms in total. The third-order valence-corrected chi connectivity index (χ3v) is 5.33. The lowest BCUT2D eigenvalue weighted by Crippen LogP contribution is -2.25. The largest absolute Gasteiger partial charge is 0.309 e. The van der Waals surface area contributed by atoms with Crippen molar-refractivity contribution in [2.45, 2.75) is 32.4 Å². The molecule has 0 bridgehead atoms. The van der Waals surface area contributed by atoms with Gasteiger partial charge in [0.2, 0.25) is 0 Å². The molecule has 118 valence electrons. The van der Waals surface area contributed by atoms with Gasteiger partial charge in [-0.15, -0.1) is 11.3 Å². The highest BCUT2D eigenvalue weighted by atomic mass is 32.1. The number of hydrogen-bond donors (Lipinski definition) is 1. The Morgan fingerprint density at radius 3 is 3.17 bits per heavy atom. The highest BCUT2D eigenvalue weighted by Crippen LogP contribution is 2.33. The van der Waals surface area contributed by atoms with E-state index >= 15 is 0 Å². The average molecular weight is 325 g/mol. The number of rotatable bonds is 3. The summed E-state index contributed by atoms with van der Waals surface area (Å²) in [4.78, 5) is 22.9. The molecule has 1 fully saturated rings. The maximum absolute atomic E-state index is 12.1. The number of fused-ring (bicyclic) bond motifs is 1. The normalized spacial score (nSPS) is 18.7. The fourth-order valence-electron chi connectivity index (χ4n) is 3.45. The molecule has 0 aliphatic carbocycles. The number of aromatic amines is 1. The van der Waals surface area contributed by atoms with Crippen LogP contribution in [0.5, 0.6) is 0 Å². The van der Waals surface area contributed by atoms with E-state index in [0.29, 0.717) is 18.0 Å². The van der Waals surface area contributed by atoms with Crippen LogP contribution in [0.15, 0.2) is 40.5 Å². The van der Waals surface area contributed by atoms with Crippen LogP contribution >= 0.6 is 11.3 Å². The average Bonchev–Trinajstić information content (AvgIpc) is 3.16. The standard InChI is InChI=1S/C18H19N3OS/c1-12-4-2-5-13(10-12)15-6-3-8-21(15)11-16-19-17(22)14-7-9-23-18(14)20-16/h2,4-5,7,9-10,15H,3,6,8,11H2,1H3,(H,19,20,22)/t15-/m1/s1. The molecule has 1 atom stereocenters. The van der Waals surface area contributed by atoms with Gasteiger partial charge in [-0.25, -0.2) is 4.98 Å². The van der Waals surface area contributed by atoms with Crippen molar-refractivity contribution in [1.82, 2.24) is 14.9 Å². The number of likely N-dealkylation sites (tertiary alicyclic amines) is 1. The molecule has 1 N–H and O–H groups in total.